The summed E-state index contributed by atoms with van der Waals surface area (Å²) in [5.74, 6) is 0.645. The third-order valence-electron chi connectivity index (χ3n) is 3.45. The highest BCUT2D eigenvalue weighted by Gasteiger charge is 2.13. The number of aryl methyl sites for hydroxylation is 1. The van der Waals surface area contributed by atoms with E-state index in [0.717, 1.165) is 22.9 Å². The molecule has 2 nitrogen and oxygen atoms in total. The van der Waals surface area contributed by atoms with Crippen molar-refractivity contribution in [2.45, 2.75) is 39.7 Å². The van der Waals surface area contributed by atoms with Gasteiger partial charge in [0.1, 0.15) is 11.8 Å². The minimum atomic E-state index is 0.0399. The number of benzene rings is 2. The van der Waals surface area contributed by atoms with Gasteiger partial charge >= 0.3 is 0 Å². The Hall–Kier alpha value is -1.79. The second-order valence-corrected chi connectivity index (χ2v) is 6.48. The molecule has 3 heteroatoms. The third kappa shape index (κ3) is 4.11. The van der Waals surface area contributed by atoms with Crippen LogP contribution in [0.25, 0.3) is 0 Å². The molecule has 0 saturated heterocycles. The second kappa shape index (κ2) is 7.47. The Morgan fingerprint density at radius 1 is 1.14 bits per heavy atom. The van der Waals surface area contributed by atoms with Crippen LogP contribution < -0.4 is 4.74 Å². The first-order valence-corrected chi connectivity index (χ1v) is 8.29. The highest BCUT2D eigenvalue weighted by atomic mass is 79.9. The van der Waals surface area contributed by atoms with Gasteiger partial charge in [0.15, 0.2) is 0 Å². The molecule has 0 heterocycles. The summed E-state index contributed by atoms with van der Waals surface area (Å²) in [5.41, 5.74) is 4.12. The van der Waals surface area contributed by atoms with Crippen molar-refractivity contribution < 1.29 is 4.74 Å². The summed E-state index contributed by atoms with van der Waals surface area (Å²) in [6.07, 6.45) is 1.80. The lowest BCUT2D eigenvalue weighted by Gasteiger charge is -2.15. The first-order chi connectivity index (χ1) is 10.5. The maximum Gasteiger partial charge on any atom is 0.138 e. The van der Waals surface area contributed by atoms with E-state index in [2.05, 4.69) is 53.2 Å². The number of hydrogen-bond acceptors (Lipinski definition) is 2. The summed E-state index contributed by atoms with van der Waals surface area (Å²) in [6.45, 7) is 6.07. The first-order valence-electron chi connectivity index (χ1n) is 7.50. The van der Waals surface area contributed by atoms with E-state index < -0.39 is 0 Å². The van der Waals surface area contributed by atoms with Gasteiger partial charge in [-0.3, -0.25) is 0 Å². The van der Waals surface area contributed by atoms with Crippen LogP contribution in [0.4, 0.5) is 0 Å². The van der Waals surface area contributed by atoms with Crippen molar-refractivity contribution in [2.75, 3.05) is 0 Å². The average Bonchev–Trinajstić information content (AvgIpc) is 2.47. The van der Waals surface area contributed by atoms with Crippen LogP contribution >= 0.6 is 15.9 Å². The van der Waals surface area contributed by atoms with Gasteiger partial charge in [0.05, 0.1) is 11.7 Å². The molecule has 0 aromatic heterocycles. The first kappa shape index (κ1) is 16.6. The minimum Gasteiger partial charge on any atom is -0.490 e. The van der Waals surface area contributed by atoms with Crippen LogP contribution in [0.15, 0.2) is 40.9 Å². The predicted molar refractivity (Wildman–Crippen MR) is 93.2 cm³/mol. The van der Waals surface area contributed by atoms with Crippen LogP contribution in [-0.4, -0.2) is 6.10 Å². The third-order valence-corrected chi connectivity index (χ3v) is 3.91. The van der Waals surface area contributed by atoms with Crippen molar-refractivity contribution in [1.29, 1.82) is 5.26 Å². The molecule has 0 atom stereocenters. The van der Waals surface area contributed by atoms with E-state index >= 15 is 0 Å². The molecule has 0 aliphatic rings. The maximum atomic E-state index is 9.52. The summed E-state index contributed by atoms with van der Waals surface area (Å²) >= 11 is 3.51. The largest absolute Gasteiger partial charge is 0.490 e. The predicted octanol–water partition coefficient (Wildman–Crippen LogP) is 5.26. The van der Waals surface area contributed by atoms with E-state index in [1.165, 1.54) is 11.1 Å². The molecule has 0 aliphatic heterocycles. The molecule has 2 rings (SSSR count). The lowest BCUT2D eigenvalue weighted by Crippen LogP contribution is -2.08. The normalized spacial score (nSPS) is 10.5. The van der Waals surface area contributed by atoms with Crippen molar-refractivity contribution in [2.24, 2.45) is 0 Å². The summed E-state index contributed by atoms with van der Waals surface area (Å²) in [5, 5.41) is 9.52. The molecule has 0 saturated carbocycles. The zero-order chi connectivity index (χ0) is 16.1. The van der Waals surface area contributed by atoms with Gasteiger partial charge in [-0.1, -0.05) is 47.1 Å². The molecule has 0 amide bonds. The monoisotopic (exact) mass is 357 g/mol. The minimum absolute atomic E-state index is 0.0399. The quantitative estimate of drug-likeness (QED) is 0.730. The maximum absolute atomic E-state index is 9.52. The molecule has 0 fully saturated rings. The number of halogens is 1. The van der Waals surface area contributed by atoms with Crippen molar-refractivity contribution in [1.82, 2.24) is 0 Å². The number of ether oxygens (including phenoxy) is 1. The molecule has 114 valence electrons. The Kier molecular flexibility index (Phi) is 5.63. The molecule has 2 aromatic rings. The fourth-order valence-electron chi connectivity index (χ4n) is 2.36. The Balaban J connectivity index is 2.36. The van der Waals surface area contributed by atoms with Crippen LogP contribution in [0.5, 0.6) is 5.75 Å². The van der Waals surface area contributed by atoms with E-state index in [0.29, 0.717) is 11.3 Å². The smallest absolute Gasteiger partial charge is 0.138 e. The van der Waals surface area contributed by atoms with E-state index in [9.17, 15) is 5.26 Å². The number of nitrogens with zero attached hydrogens (tertiary/aromatic N) is 1. The van der Waals surface area contributed by atoms with Gasteiger partial charge in [-0.25, -0.2) is 0 Å². The summed E-state index contributed by atoms with van der Waals surface area (Å²) in [7, 11) is 0. The summed E-state index contributed by atoms with van der Waals surface area (Å²) < 4.78 is 6.71. The fourth-order valence-corrected chi connectivity index (χ4v) is 2.85. The molecular formula is C19H20BrNO. The van der Waals surface area contributed by atoms with Gasteiger partial charge in [-0.05, 0) is 55.5 Å². The lowest BCUT2D eigenvalue weighted by atomic mass is 9.98. The molecule has 0 unspecified atom stereocenters. The number of nitriles is 1. The van der Waals surface area contributed by atoms with E-state index in [1.54, 1.807) is 0 Å². The molecule has 0 spiro atoms. The van der Waals surface area contributed by atoms with Gasteiger partial charge in [0.2, 0.25) is 0 Å². The van der Waals surface area contributed by atoms with Crippen LogP contribution in [0, 0.1) is 11.3 Å². The Morgan fingerprint density at radius 3 is 2.32 bits per heavy atom. The van der Waals surface area contributed by atoms with Gasteiger partial charge in [-0.2, -0.15) is 5.26 Å². The van der Waals surface area contributed by atoms with Gasteiger partial charge in [0.25, 0.3) is 0 Å². The Morgan fingerprint density at radius 2 is 1.77 bits per heavy atom. The second-order valence-electron chi connectivity index (χ2n) is 5.56. The fraction of sp³-hybridized carbons (Fsp3) is 0.316. The van der Waals surface area contributed by atoms with Gasteiger partial charge in [-0.15, -0.1) is 0 Å². The molecule has 0 aliphatic carbocycles. The standard InChI is InChI=1S/C19H20BrNO/c1-4-14-5-7-15(8-6-14)9-16-10-17(20)11-19(18(16)12-21)22-13(2)3/h5-8,10-11,13H,4,9H2,1-3H3. The van der Waals surface area contributed by atoms with Crippen LogP contribution in [0.3, 0.4) is 0 Å². The van der Waals surface area contributed by atoms with Crippen LogP contribution in [-0.2, 0) is 12.8 Å². The van der Waals surface area contributed by atoms with E-state index in [1.807, 2.05) is 26.0 Å². The molecular weight excluding hydrogens is 338 g/mol. The highest BCUT2D eigenvalue weighted by molar-refractivity contribution is 9.10. The lowest BCUT2D eigenvalue weighted by molar-refractivity contribution is 0.241. The zero-order valence-corrected chi connectivity index (χ0v) is 14.8. The van der Waals surface area contributed by atoms with Crippen molar-refractivity contribution in [3.05, 3.63) is 63.1 Å². The van der Waals surface area contributed by atoms with Gasteiger partial charge in [0, 0.05) is 4.47 Å². The van der Waals surface area contributed by atoms with Crippen molar-refractivity contribution in [3.63, 3.8) is 0 Å². The van der Waals surface area contributed by atoms with Crippen LogP contribution in [0.2, 0.25) is 0 Å². The molecule has 0 N–H and O–H groups in total. The van der Waals surface area contributed by atoms with Crippen LogP contribution in [0.1, 0.15) is 43.0 Å². The van der Waals surface area contributed by atoms with Crippen molar-refractivity contribution >= 4 is 15.9 Å². The SMILES string of the molecule is CCc1ccc(Cc2cc(Br)cc(OC(C)C)c2C#N)cc1. The molecule has 0 radical (unpaired) electrons. The molecule has 0 bridgehead atoms. The zero-order valence-electron chi connectivity index (χ0n) is 13.2. The summed E-state index contributed by atoms with van der Waals surface area (Å²) in [4.78, 5) is 0. The van der Waals surface area contributed by atoms with Gasteiger partial charge < -0.3 is 4.74 Å². The van der Waals surface area contributed by atoms with E-state index in [4.69, 9.17) is 4.74 Å². The summed E-state index contributed by atoms with van der Waals surface area (Å²) in [6, 6.07) is 14.7. The Bertz CT molecular complexity index is 684. The molecule has 22 heavy (non-hydrogen) atoms. The highest BCUT2D eigenvalue weighted by Crippen LogP contribution is 2.29. The Labute approximate surface area is 140 Å². The van der Waals surface area contributed by atoms with Crippen molar-refractivity contribution in [3.8, 4) is 11.8 Å². The topological polar surface area (TPSA) is 33.0 Å². The molecule has 2 aromatic carbocycles. The number of hydrogen-bond donors (Lipinski definition) is 0. The average molecular weight is 358 g/mol. The number of rotatable bonds is 5. The van der Waals surface area contributed by atoms with E-state index in [-0.39, 0.29) is 6.10 Å².